The highest BCUT2D eigenvalue weighted by Gasteiger charge is 2.44. The number of hydrogen-bond donors (Lipinski definition) is 1. The quantitative estimate of drug-likeness (QED) is 0.709. The molecular weight excluding hydrogens is 180 g/mol. The second kappa shape index (κ2) is 4.88. The third-order valence-electron chi connectivity index (χ3n) is 2.54. The molecular formula is C10H18N2S. The Balaban J connectivity index is 2.54. The van der Waals surface area contributed by atoms with Crippen LogP contribution in [0.2, 0.25) is 0 Å². The topological polar surface area (TPSA) is 35.8 Å². The highest BCUT2D eigenvalue weighted by Crippen LogP contribution is 2.40. The number of rotatable bonds is 6. The predicted octanol–water partition coefficient (Wildman–Crippen LogP) is 2.02. The van der Waals surface area contributed by atoms with Crippen LogP contribution >= 0.6 is 11.8 Å². The molecule has 1 N–H and O–H groups in total. The Kier molecular flexibility index (Phi) is 4.08. The van der Waals surface area contributed by atoms with Crippen molar-refractivity contribution in [2.24, 2.45) is 5.92 Å². The molecule has 2 nitrogen and oxygen atoms in total. The molecule has 0 aliphatic heterocycles. The molecule has 0 bridgehead atoms. The predicted molar refractivity (Wildman–Crippen MR) is 57.7 cm³/mol. The van der Waals surface area contributed by atoms with Crippen molar-refractivity contribution < 1.29 is 0 Å². The van der Waals surface area contributed by atoms with Crippen LogP contribution in [0, 0.1) is 17.2 Å². The van der Waals surface area contributed by atoms with Crippen molar-refractivity contribution in [3.63, 3.8) is 0 Å². The van der Waals surface area contributed by atoms with Gasteiger partial charge in [-0.1, -0.05) is 6.92 Å². The van der Waals surface area contributed by atoms with Gasteiger partial charge in [-0.15, -0.1) is 0 Å². The highest BCUT2D eigenvalue weighted by molar-refractivity contribution is 7.98. The average Bonchev–Trinajstić information content (AvgIpc) is 2.96. The maximum absolute atomic E-state index is 9.22. The maximum Gasteiger partial charge on any atom is 0.118 e. The molecule has 1 aliphatic carbocycles. The number of nitriles is 1. The van der Waals surface area contributed by atoms with Crippen molar-refractivity contribution >= 4 is 11.8 Å². The molecule has 3 heteroatoms. The van der Waals surface area contributed by atoms with E-state index in [0.717, 1.165) is 18.7 Å². The molecule has 1 fully saturated rings. The minimum Gasteiger partial charge on any atom is -0.298 e. The normalized spacial score (nSPS) is 20.7. The minimum atomic E-state index is -0.227. The molecule has 0 radical (unpaired) electrons. The Hall–Kier alpha value is -0.200. The van der Waals surface area contributed by atoms with Crippen LogP contribution < -0.4 is 5.32 Å². The summed E-state index contributed by atoms with van der Waals surface area (Å²) in [4.78, 5) is 0. The lowest BCUT2D eigenvalue weighted by atomic mass is 9.97. The van der Waals surface area contributed by atoms with E-state index in [1.165, 1.54) is 12.8 Å². The molecule has 13 heavy (non-hydrogen) atoms. The molecule has 1 atom stereocenters. The van der Waals surface area contributed by atoms with Crippen LogP contribution in [0.5, 0.6) is 0 Å². The smallest absolute Gasteiger partial charge is 0.118 e. The Morgan fingerprint density at radius 3 is 2.69 bits per heavy atom. The van der Waals surface area contributed by atoms with Crippen molar-refractivity contribution in [3.05, 3.63) is 0 Å². The van der Waals surface area contributed by atoms with Gasteiger partial charge in [0.25, 0.3) is 0 Å². The van der Waals surface area contributed by atoms with Gasteiger partial charge in [0, 0.05) is 5.75 Å². The van der Waals surface area contributed by atoms with E-state index < -0.39 is 0 Å². The van der Waals surface area contributed by atoms with E-state index in [1.807, 2.05) is 0 Å². The summed E-state index contributed by atoms with van der Waals surface area (Å²) in [5, 5.41) is 12.6. The van der Waals surface area contributed by atoms with Gasteiger partial charge in [0.05, 0.1) is 6.07 Å². The molecule has 74 valence electrons. The molecule has 1 aliphatic rings. The zero-order valence-electron chi connectivity index (χ0n) is 8.47. The van der Waals surface area contributed by atoms with E-state index in [0.29, 0.717) is 5.92 Å². The first kappa shape index (κ1) is 10.9. The molecule has 0 aromatic heterocycles. The second-order valence-corrected chi connectivity index (χ2v) is 4.58. The summed E-state index contributed by atoms with van der Waals surface area (Å²) < 4.78 is 0. The molecule has 1 saturated carbocycles. The molecule has 0 amide bonds. The number of nitrogens with zero attached hydrogens (tertiary/aromatic N) is 1. The summed E-state index contributed by atoms with van der Waals surface area (Å²) in [6, 6.07) is 2.48. The van der Waals surface area contributed by atoms with Crippen molar-refractivity contribution in [2.75, 3.05) is 18.6 Å². The average molecular weight is 198 g/mol. The number of hydrogen-bond acceptors (Lipinski definition) is 3. The van der Waals surface area contributed by atoms with Crippen LogP contribution in [0.1, 0.15) is 26.2 Å². The number of nitrogens with one attached hydrogen (secondary N) is 1. The lowest BCUT2D eigenvalue weighted by Crippen LogP contribution is -2.48. The van der Waals surface area contributed by atoms with Crippen LogP contribution in [0.25, 0.3) is 0 Å². The highest BCUT2D eigenvalue weighted by atomic mass is 32.2. The van der Waals surface area contributed by atoms with Gasteiger partial charge >= 0.3 is 0 Å². The standard InChI is InChI=1S/C10H18N2S/c1-3-6-12-10(7-11,8-13-2)9-4-5-9/h9,12H,3-6,8H2,1-2H3. The SMILES string of the molecule is CCCNC(C#N)(CSC)C1CC1. The van der Waals surface area contributed by atoms with E-state index in [2.05, 4.69) is 24.6 Å². The summed E-state index contributed by atoms with van der Waals surface area (Å²) in [6.07, 6.45) is 5.63. The third-order valence-corrected chi connectivity index (χ3v) is 3.28. The first-order valence-electron chi connectivity index (χ1n) is 4.94. The molecule has 0 heterocycles. The van der Waals surface area contributed by atoms with E-state index >= 15 is 0 Å². The van der Waals surface area contributed by atoms with Gasteiger partial charge in [-0.3, -0.25) is 5.32 Å². The molecule has 1 unspecified atom stereocenters. The van der Waals surface area contributed by atoms with Crippen molar-refractivity contribution in [1.29, 1.82) is 5.26 Å². The first-order chi connectivity index (χ1) is 6.29. The van der Waals surface area contributed by atoms with Gasteiger partial charge in [-0.05, 0) is 38.0 Å². The summed E-state index contributed by atoms with van der Waals surface area (Å²) >= 11 is 1.77. The summed E-state index contributed by atoms with van der Waals surface area (Å²) in [7, 11) is 0. The fourth-order valence-electron chi connectivity index (χ4n) is 1.63. The van der Waals surface area contributed by atoms with Gasteiger partial charge in [0.15, 0.2) is 0 Å². The molecule has 0 saturated heterocycles. The van der Waals surface area contributed by atoms with Gasteiger partial charge in [0.2, 0.25) is 0 Å². The van der Waals surface area contributed by atoms with Crippen molar-refractivity contribution in [1.82, 2.24) is 5.32 Å². The van der Waals surface area contributed by atoms with Gasteiger partial charge in [0.1, 0.15) is 5.54 Å². The lowest BCUT2D eigenvalue weighted by Gasteiger charge is -2.27. The fraction of sp³-hybridized carbons (Fsp3) is 0.900. The fourth-order valence-corrected chi connectivity index (χ4v) is 2.49. The van der Waals surface area contributed by atoms with E-state index in [1.54, 1.807) is 11.8 Å². The van der Waals surface area contributed by atoms with E-state index in [4.69, 9.17) is 0 Å². The maximum atomic E-state index is 9.22. The first-order valence-corrected chi connectivity index (χ1v) is 6.33. The Morgan fingerprint density at radius 1 is 1.62 bits per heavy atom. The lowest BCUT2D eigenvalue weighted by molar-refractivity contribution is 0.406. The molecule has 0 aromatic carbocycles. The summed E-state index contributed by atoms with van der Waals surface area (Å²) in [5.41, 5.74) is -0.227. The van der Waals surface area contributed by atoms with E-state index in [9.17, 15) is 5.26 Å². The minimum absolute atomic E-state index is 0.227. The van der Waals surface area contributed by atoms with Gasteiger partial charge in [-0.25, -0.2) is 0 Å². The second-order valence-electron chi connectivity index (χ2n) is 3.72. The van der Waals surface area contributed by atoms with Crippen LogP contribution in [0.3, 0.4) is 0 Å². The van der Waals surface area contributed by atoms with E-state index in [-0.39, 0.29) is 5.54 Å². The van der Waals surface area contributed by atoms with Crippen LogP contribution in [-0.2, 0) is 0 Å². The molecule has 1 rings (SSSR count). The van der Waals surface area contributed by atoms with Crippen molar-refractivity contribution in [3.8, 4) is 6.07 Å². The monoisotopic (exact) mass is 198 g/mol. The van der Waals surface area contributed by atoms with Crippen molar-refractivity contribution in [2.45, 2.75) is 31.7 Å². The van der Waals surface area contributed by atoms with Crippen LogP contribution in [0.4, 0.5) is 0 Å². The van der Waals surface area contributed by atoms with Gasteiger partial charge in [-0.2, -0.15) is 17.0 Å². The Morgan fingerprint density at radius 2 is 2.31 bits per heavy atom. The largest absolute Gasteiger partial charge is 0.298 e. The summed E-state index contributed by atoms with van der Waals surface area (Å²) in [6.45, 7) is 3.10. The Labute approximate surface area is 85.1 Å². The Bertz CT molecular complexity index is 196. The summed E-state index contributed by atoms with van der Waals surface area (Å²) in [5.74, 6) is 1.53. The number of thioether (sulfide) groups is 1. The van der Waals surface area contributed by atoms with Crippen LogP contribution in [-0.4, -0.2) is 24.1 Å². The zero-order chi connectivity index (χ0) is 9.73. The van der Waals surface area contributed by atoms with Crippen LogP contribution in [0.15, 0.2) is 0 Å². The van der Waals surface area contributed by atoms with Gasteiger partial charge < -0.3 is 0 Å². The zero-order valence-corrected chi connectivity index (χ0v) is 9.28. The molecule has 0 aromatic rings. The molecule has 0 spiro atoms. The third kappa shape index (κ3) is 2.62.